The van der Waals surface area contributed by atoms with Crippen molar-refractivity contribution in [3.8, 4) is 0 Å². The molecule has 19 heavy (non-hydrogen) atoms. The van der Waals surface area contributed by atoms with Gasteiger partial charge in [-0.25, -0.2) is 0 Å². The van der Waals surface area contributed by atoms with Crippen molar-refractivity contribution in [2.45, 2.75) is 39.7 Å². The van der Waals surface area contributed by atoms with Crippen LogP contribution in [0.5, 0.6) is 0 Å². The number of hydrogen-bond acceptors (Lipinski definition) is 2. The first-order valence-corrected chi connectivity index (χ1v) is 7.29. The van der Waals surface area contributed by atoms with Crippen LogP contribution in [0.3, 0.4) is 0 Å². The molecule has 0 radical (unpaired) electrons. The molecule has 2 unspecified atom stereocenters. The smallest absolute Gasteiger partial charge is 0.246 e. The molecule has 0 aromatic heterocycles. The molecule has 2 amide bonds. The zero-order chi connectivity index (χ0) is 14.5. The molecule has 2 rings (SSSR count). The van der Waals surface area contributed by atoms with Gasteiger partial charge in [0.1, 0.15) is 5.54 Å². The first kappa shape index (κ1) is 14.4. The van der Waals surface area contributed by atoms with Crippen LogP contribution in [-0.2, 0) is 9.59 Å². The van der Waals surface area contributed by atoms with Crippen molar-refractivity contribution in [3.63, 3.8) is 0 Å². The number of amides is 2. The summed E-state index contributed by atoms with van der Waals surface area (Å²) in [6, 6.07) is 0. The van der Waals surface area contributed by atoms with Crippen LogP contribution in [0.25, 0.3) is 0 Å². The lowest BCUT2D eigenvalue weighted by atomic mass is 10.1. The quantitative estimate of drug-likeness (QED) is 0.838. The lowest BCUT2D eigenvalue weighted by molar-refractivity contribution is -0.142. The Balaban J connectivity index is 2.13. The van der Waals surface area contributed by atoms with Gasteiger partial charge in [-0.15, -0.1) is 0 Å². The maximum Gasteiger partial charge on any atom is 0.246 e. The summed E-state index contributed by atoms with van der Waals surface area (Å²) < 4.78 is 0. The van der Waals surface area contributed by atoms with Crippen molar-refractivity contribution in [2.24, 2.45) is 29.6 Å². The summed E-state index contributed by atoms with van der Waals surface area (Å²) in [7, 11) is 3.45. The highest BCUT2D eigenvalue weighted by Gasteiger charge is 2.69. The van der Waals surface area contributed by atoms with E-state index in [0.29, 0.717) is 11.8 Å². The van der Waals surface area contributed by atoms with Gasteiger partial charge in [0.2, 0.25) is 11.8 Å². The summed E-state index contributed by atoms with van der Waals surface area (Å²) in [6.45, 7) is 8.43. The molecular weight excluding hydrogens is 240 g/mol. The number of rotatable bonds is 4. The van der Waals surface area contributed by atoms with E-state index in [9.17, 15) is 9.59 Å². The van der Waals surface area contributed by atoms with Crippen LogP contribution in [-0.4, -0.2) is 36.3 Å². The fraction of sp³-hybridized carbons (Fsp3) is 0.867. The highest BCUT2D eigenvalue weighted by Crippen LogP contribution is 2.56. The minimum absolute atomic E-state index is 0.0231. The zero-order valence-corrected chi connectivity index (χ0v) is 12.9. The van der Waals surface area contributed by atoms with E-state index in [1.165, 1.54) is 0 Å². The van der Waals surface area contributed by atoms with E-state index in [1.54, 1.807) is 19.0 Å². The number of likely N-dealkylation sites (N-methyl/N-ethyl adjacent to an activating group) is 2. The Bertz CT molecular complexity index is 397. The number of carbonyl (C=O) groups excluding carboxylic acids is 2. The van der Waals surface area contributed by atoms with Crippen molar-refractivity contribution >= 4 is 11.8 Å². The summed E-state index contributed by atoms with van der Waals surface area (Å²) >= 11 is 0. The summed E-state index contributed by atoms with van der Waals surface area (Å²) in [5, 5.41) is 2.72. The molecule has 0 aromatic carbocycles. The third kappa shape index (κ3) is 1.87. The largest absolute Gasteiger partial charge is 0.357 e. The molecule has 4 nitrogen and oxygen atoms in total. The van der Waals surface area contributed by atoms with Gasteiger partial charge in [-0.2, -0.15) is 0 Å². The fourth-order valence-electron chi connectivity index (χ4n) is 3.80. The minimum Gasteiger partial charge on any atom is -0.357 e. The van der Waals surface area contributed by atoms with Crippen molar-refractivity contribution in [2.75, 3.05) is 14.1 Å². The maximum atomic E-state index is 12.6. The number of nitrogens with zero attached hydrogens (tertiary/aromatic N) is 1. The van der Waals surface area contributed by atoms with E-state index < -0.39 is 5.54 Å². The molecule has 2 aliphatic carbocycles. The molecule has 2 aliphatic rings. The Labute approximate surface area is 115 Å². The van der Waals surface area contributed by atoms with Crippen molar-refractivity contribution in [1.29, 1.82) is 0 Å². The molecule has 0 saturated heterocycles. The van der Waals surface area contributed by atoms with E-state index in [2.05, 4.69) is 33.0 Å². The summed E-state index contributed by atoms with van der Waals surface area (Å²) in [5.74, 6) is 1.78. The summed E-state index contributed by atoms with van der Waals surface area (Å²) in [5.41, 5.74) is -0.615. The fourth-order valence-corrected chi connectivity index (χ4v) is 3.80. The van der Waals surface area contributed by atoms with Crippen LogP contribution in [0.1, 0.15) is 34.1 Å². The van der Waals surface area contributed by atoms with Crippen LogP contribution in [0.2, 0.25) is 0 Å². The first-order chi connectivity index (χ1) is 8.79. The van der Waals surface area contributed by atoms with Gasteiger partial charge < -0.3 is 10.2 Å². The Kier molecular flexibility index (Phi) is 3.40. The Morgan fingerprint density at radius 2 is 1.79 bits per heavy atom. The number of carbonyl (C=O) groups is 2. The molecule has 108 valence electrons. The monoisotopic (exact) mass is 266 g/mol. The van der Waals surface area contributed by atoms with E-state index in [-0.39, 0.29) is 29.6 Å². The maximum absolute atomic E-state index is 12.6. The second-order valence-electron chi connectivity index (χ2n) is 6.63. The van der Waals surface area contributed by atoms with E-state index in [1.807, 2.05) is 0 Å². The second kappa shape index (κ2) is 4.50. The Hall–Kier alpha value is -1.06. The van der Waals surface area contributed by atoms with E-state index in [0.717, 1.165) is 6.42 Å². The second-order valence-corrected chi connectivity index (χ2v) is 6.63. The van der Waals surface area contributed by atoms with Crippen molar-refractivity contribution in [1.82, 2.24) is 10.2 Å². The van der Waals surface area contributed by atoms with Gasteiger partial charge in [-0.05, 0) is 30.1 Å². The normalized spacial score (nSPS) is 39.9. The minimum atomic E-state index is -0.615. The Morgan fingerprint density at radius 1 is 1.26 bits per heavy atom. The molecule has 0 spiro atoms. The van der Waals surface area contributed by atoms with E-state index >= 15 is 0 Å². The van der Waals surface area contributed by atoms with Crippen LogP contribution >= 0.6 is 0 Å². The highest BCUT2D eigenvalue weighted by atomic mass is 16.2. The number of nitrogens with one attached hydrogen (secondary N) is 1. The lowest BCUT2D eigenvalue weighted by Crippen LogP contribution is -2.52. The van der Waals surface area contributed by atoms with Crippen LogP contribution in [0.4, 0.5) is 0 Å². The van der Waals surface area contributed by atoms with Crippen molar-refractivity contribution < 1.29 is 9.59 Å². The Morgan fingerprint density at radius 3 is 2.11 bits per heavy atom. The standard InChI is InChI=1S/C15H26N2O2/c1-8(2)11-7-12(11)13(18)17(6)15(14(19)16-5)9(3)10(15)4/h8-12H,7H2,1-6H3,(H,16,19)/t9?,10?,11-,12-,15?/m1/s1. The van der Waals surface area contributed by atoms with Crippen LogP contribution < -0.4 is 5.32 Å². The SMILES string of the molecule is CNC(=O)C1(N(C)C(=O)[C@@H]2C[C@@H]2C(C)C)C(C)C1C. The van der Waals surface area contributed by atoms with Gasteiger partial charge in [0.05, 0.1) is 0 Å². The van der Waals surface area contributed by atoms with Crippen molar-refractivity contribution in [3.05, 3.63) is 0 Å². The topological polar surface area (TPSA) is 49.4 Å². The molecule has 2 saturated carbocycles. The molecule has 4 atom stereocenters. The molecule has 0 heterocycles. The van der Waals surface area contributed by atoms with Gasteiger partial charge in [-0.1, -0.05) is 27.7 Å². The van der Waals surface area contributed by atoms with Gasteiger partial charge in [-0.3, -0.25) is 9.59 Å². The average molecular weight is 266 g/mol. The molecular formula is C15H26N2O2. The van der Waals surface area contributed by atoms with Gasteiger partial charge >= 0.3 is 0 Å². The zero-order valence-electron chi connectivity index (χ0n) is 12.9. The van der Waals surface area contributed by atoms with Gasteiger partial charge in [0.15, 0.2) is 0 Å². The van der Waals surface area contributed by atoms with Crippen LogP contribution in [0, 0.1) is 29.6 Å². The molecule has 1 N–H and O–H groups in total. The third-order valence-electron chi connectivity index (χ3n) is 5.52. The molecule has 4 heteroatoms. The van der Waals surface area contributed by atoms with Gasteiger partial charge in [0.25, 0.3) is 0 Å². The molecule has 2 fully saturated rings. The first-order valence-electron chi connectivity index (χ1n) is 7.29. The molecule has 0 bridgehead atoms. The predicted molar refractivity (Wildman–Crippen MR) is 74.3 cm³/mol. The highest BCUT2D eigenvalue weighted by molar-refractivity contribution is 5.96. The van der Waals surface area contributed by atoms with Gasteiger partial charge in [0, 0.05) is 20.0 Å². The summed E-state index contributed by atoms with van der Waals surface area (Å²) in [6.07, 6.45) is 0.980. The van der Waals surface area contributed by atoms with Crippen LogP contribution in [0.15, 0.2) is 0 Å². The average Bonchev–Trinajstić information content (AvgIpc) is 3.26. The molecule has 0 aliphatic heterocycles. The summed E-state index contributed by atoms with van der Waals surface area (Å²) in [4.78, 5) is 26.5. The third-order valence-corrected chi connectivity index (χ3v) is 5.52. The van der Waals surface area contributed by atoms with E-state index in [4.69, 9.17) is 0 Å². The lowest BCUT2D eigenvalue weighted by Gasteiger charge is -2.29. The predicted octanol–water partition coefficient (Wildman–Crippen LogP) is 1.51. The molecule has 0 aromatic rings. The number of hydrogen-bond donors (Lipinski definition) is 1.